The van der Waals surface area contributed by atoms with Gasteiger partial charge in [-0.3, -0.25) is 0 Å². The van der Waals surface area contributed by atoms with E-state index in [1.807, 2.05) is 50.4 Å². The molecule has 3 aromatic rings. The number of carbonyl (C=O) groups is 1. The van der Waals surface area contributed by atoms with E-state index in [1.165, 1.54) is 0 Å². The molecule has 0 aliphatic carbocycles. The number of ether oxygens (including phenoxy) is 1. The minimum absolute atomic E-state index is 0.192. The van der Waals surface area contributed by atoms with Gasteiger partial charge in [0.05, 0.1) is 7.11 Å². The molecular formula is C20H23N3O2. The van der Waals surface area contributed by atoms with E-state index in [0.29, 0.717) is 6.54 Å². The van der Waals surface area contributed by atoms with Gasteiger partial charge in [0, 0.05) is 29.3 Å². The third-order valence-electron chi connectivity index (χ3n) is 4.13. The summed E-state index contributed by atoms with van der Waals surface area (Å²) in [6, 6.07) is 11.7. The molecule has 0 radical (unpaired) electrons. The van der Waals surface area contributed by atoms with E-state index in [0.717, 1.165) is 45.5 Å². The lowest BCUT2D eigenvalue weighted by atomic mass is 10.1. The molecule has 0 fully saturated rings. The fourth-order valence-electron chi connectivity index (χ4n) is 3.02. The molecule has 2 amide bonds. The Kier molecular flexibility index (Phi) is 4.93. The van der Waals surface area contributed by atoms with Crippen LogP contribution in [0.1, 0.15) is 16.7 Å². The second-order valence-corrected chi connectivity index (χ2v) is 6.23. The van der Waals surface area contributed by atoms with Crippen molar-refractivity contribution in [3.05, 3.63) is 59.3 Å². The number of rotatable bonds is 5. The van der Waals surface area contributed by atoms with Crippen molar-refractivity contribution >= 4 is 22.6 Å². The molecule has 0 spiro atoms. The van der Waals surface area contributed by atoms with Gasteiger partial charge >= 0.3 is 6.03 Å². The number of anilines is 1. The highest BCUT2D eigenvalue weighted by molar-refractivity contribution is 5.89. The van der Waals surface area contributed by atoms with Crippen LogP contribution in [-0.2, 0) is 6.42 Å². The first-order valence-electron chi connectivity index (χ1n) is 8.32. The largest absolute Gasteiger partial charge is 0.497 e. The summed E-state index contributed by atoms with van der Waals surface area (Å²) < 4.78 is 5.28. The molecule has 1 heterocycles. The van der Waals surface area contributed by atoms with Crippen LogP contribution in [0.3, 0.4) is 0 Å². The zero-order chi connectivity index (χ0) is 17.8. The lowest BCUT2D eigenvalue weighted by Crippen LogP contribution is -2.30. The normalized spacial score (nSPS) is 10.7. The van der Waals surface area contributed by atoms with Gasteiger partial charge in [0.2, 0.25) is 0 Å². The number of aryl methyl sites for hydroxylation is 2. The van der Waals surface area contributed by atoms with Crippen molar-refractivity contribution in [3.63, 3.8) is 0 Å². The number of urea groups is 1. The topological polar surface area (TPSA) is 66.1 Å². The molecule has 25 heavy (non-hydrogen) atoms. The summed E-state index contributed by atoms with van der Waals surface area (Å²) in [5.74, 6) is 0.828. The minimum Gasteiger partial charge on any atom is -0.497 e. The Hall–Kier alpha value is -2.95. The molecule has 0 aliphatic rings. The zero-order valence-corrected chi connectivity index (χ0v) is 14.8. The van der Waals surface area contributed by atoms with E-state index < -0.39 is 0 Å². The standard InChI is InChI=1S/C20H23N3O2/c1-13-8-14(2)10-16(9-13)23-20(24)21-7-6-15-12-22-19-5-4-17(25-3)11-18(15)19/h4-5,8-12,22H,6-7H2,1-3H3,(H2,21,23,24). The zero-order valence-electron chi connectivity index (χ0n) is 14.8. The fraction of sp³-hybridized carbons (Fsp3) is 0.250. The van der Waals surface area contributed by atoms with E-state index in [9.17, 15) is 4.79 Å². The van der Waals surface area contributed by atoms with Gasteiger partial charge in [-0.25, -0.2) is 4.79 Å². The predicted octanol–water partition coefficient (Wildman–Crippen LogP) is 4.16. The highest BCUT2D eigenvalue weighted by Gasteiger charge is 2.07. The summed E-state index contributed by atoms with van der Waals surface area (Å²) in [5, 5.41) is 6.91. The molecule has 3 rings (SSSR count). The van der Waals surface area contributed by atoms with Crippen LogP contribution in [0.15, 0.2) is 42.6 Å². The second-order valence-electron chi connectivity index (χ2n) is 6.23. The Balaban J connectivity index is 1.58. The number of carbonyl (C=O) groups excluding carboxylic acids is 1. The number of benzene rings is 2. The van der Waals surface area contributed by atoms with Crippen LogP contribution in [-0.4, -0.2) is 24.7 Å². The van der Waals surface area contributed by atoms with Gasteiger partial charge in [0.15, 0.2) is 0 Å². The first-order valence-corrected chi connectivity index (χ1v) is 8.32. The summed E-state index contributed by atoms with van der Waals surface area (Å²) in [6.45, 7) is 4.59. The number of aromatic nitrogens is 1. The van der Waals surface area contributed by atoms with Gasteiger partial charge in [-0.1, -0.05) is 6.07 Å². The van der Waals surface area contributed by atoms with Crippen molar-refractivity contribution < 1.29 is 9.53 Å². The molecule has 0 aliphatic heterocycles. The quantitative estimate of drug-likeness (QED) is 0.654. The van der Waals surface area contributed by atoms with Crippen LogP contribution >= 0.6 is 0 Å². The Morgan fingerprint density at radius 3 is 2.60 bits per heavy atom. The van der Waals surface area contributed by atoms with Crippen molar-refractivity contribution in [3.8, 4) is 5.75 Å². The molecule has 3 N–H and O–H groups in total. The Bertz CT molecular complexity index is 879. The summed E-state index contributed by atoms with van der Waals surface area (Å²) in [7, 11) is 1.66. The Morgan fingerprint density at radius 1 is 1.12 bits per heavy atom. The summed E-state index contributed by atoms with van der Waals surface area (Å²) >= 11 is 0. The van der Waals surface area contributed by atoms with Crippen LogP contribution in [0.2, 0.25) is 0 Å². The van der Waals surface area contributed by atoms with E-state index in [4.69, 9.17) is 4.74 Å². The minimum atomic E-state index is -0.192. The molecule has 0 unspecified atom stereocenters. The smallest absolute Gasteiger partial charge is 0.319 e. The molecule has 5 nitrogen and oxygen atoms in total. The van der Waals surface area contributed by atoms with Crippen LogP contribution in [0.5, 0.6) is 5.75 Å². The first-order chi connectivity index (χ1) is 12.0. The third kappa shape index (κ3) is 4.12. The lowest BCUT2D eigenvalue weighted by molar-refractivity contribution is 0.252. The third-order valence-corrected chi connectivity index (χ3v) is 4.13. The highest BCUT2D eigenvalue weighted by Crippen LogP contribution is 2.23. The average Bonchev–Trinajstić information content (AvgIpc) is 2.96. The molecule has 0 saturated heterocycles. The van der Waals surface area contributed by atoms with Crippen LogP contribution in [0, 0.1) is 13.8 Å². The predicted molar refractivity (Wildman–Crippen MR) is 101 cm³/mol. The lowest BCUT2D eigenvalue weighted by Gasteiger charge is -2.09. The van der Waals surface area contributed by atoms with Crippen molar-refractivity contribution in [1.29, 1.82) is 0 Å². The molecule has 0 atom stereocenters. The van der Waals surface area contributed by atoms with Gasteiger partial charge in [-0.15, -0.1) is 0 Å². The van der Waals surface area contributed by atoms with Crippen molar-refractivity contribution in [2.45, 2.75) is 20.3 Å². The van der Waals surface area contributed by atoms with Gasteiger partial charge in [0.25, 0.3) is 0 Å². The second kappa shape index (κ2) is 7.30. The SMILES string of the molecule is COc1ccc2[nH]cc(CCNC(=O)Nc3cc(C)cc(C)c3)c2c1. The number of hydrogen-bond acceptors (Lipinski definition) is 2. The van der Waals surface area contributed by atoms with Gasteiger partial charge < -0.3 is 20.4 Å². The van der Waals surface area contributed by atoms with E-state index in [-0.39, 0.29) is 6.03 Å². The maximum atomic E-state index is 12.1. The maximum absolute atomic E-state index is 12.1. The van der Waals surface area contributed by atoms with Gasteiger partial charge in [0.1, 0.15) is 5.75 Å². The Morgan fingerprint density at radius 2 is 1.88 bits per heavy atom. The molecule has 5 heteroatoms. The molecule has 130 valence electrons. The summed E-state index contributed by atoms with van der Waals surface area (Å²) in [4.78, 5) is 15.3. The molecule has 2 aromatic carbocycles. The monoisotopic (exact) mass is 337 g/mol. The van der Waals surface area contributed by atoms with Crippen molar-refractivity contribution in [1.82, 2.24) is 10.3 Å². The van der Waals surface area contributed by atoms with Gasteiger partial charge in [-0.2, -0.15) is 0 Å². The number of H-pyrrole nitrogens is 1. The number of hydrogen-bond donors (Lipinski definition) is 3. The Labute approximate surface area is 147 Å². The summed E-state index contributed by atoms with van der Waals surface area (Å²) in [6.07, 6.45) is 2.72. The number of aromatic amines is 1. The number of fused-ring (bicyclic) bond motifs is 1. The molecule has 0 saturated carbocycles. The molecular weight excluding hydrogens is 314 g/mol. The number of methoxy groups -OCH3 is 1. The van der Waals surface area contributed by atoms with Crippen molar-refractivity contribution in [2.24, 2.45) is 0 Å². The van der Waals surface area contributed by atoms with Crippen LogP contribution in [0.25, 0.3) is 10.9 Å². The fourth-order valence-corrected chi connectivity index (χ4v) is 3.02. The van der Waals surface area contributed by atoms with Crippen molar-refractivity contribution in [2.75, 3.05) is 19.0 Å². The highest BCUT2D eigenvalue weighted by atomic mass is 16.5. The number of amides is 2. The summed E-state index contributed by atoms with van der Waals surface area (Å²) in [5.41, 5.74) is 5.29. The average molecular weight is 337 g/mol. The molecule has 1 aromatic heterocycles. The molecule has 0 bridgehead atoms. The van der Waals surface area contributed by atoms with E-state index >= 15 is 0 Å². The van der Waals surface area contributed by atoms with E-state index in [1.54, 1.807) is 7.11 Å². The maximum Gasteiger partial charge on any atom is 0.319 e. The van der Waals surface area contributed by atoms with Gasteiger partial charge in [-0.05, 0) is 67.3 Å². The van der Waals surface area contributed by atoms with E-state index in [2.05, 4.69) is 21.7 Å². The first kappa shape index (κ1) is 16.9. The number of nitrogens with one attached hydrogen (secondary N) is 3. The van der Waals surface area contributed by atoms with Crippen LogP contribution < -0.4 is 15.4 Å². The van der Waals surface area contributed by atoms with Crippen LogP contribution in [0.4, 0.5) is 10.5 Å².